The second-order valence-corrected chi connectivity index (χ2v) is 6.56. The molecule has 0 aliphatic carbocycles. The van der Waals surface area contributed by atoms with Crippen molar-refractivity contribution in [2.75, 3.05) is 19.1 Å². The molecular formula is C13H18O4S. The van der Waals surface area contributed by atoms with Crippen molar-refractivity contribution >= 4 is 15.6 Å². The molecule has 1 rings (SSSR count). The minimum atomic E-state index is -2.98. The van der Waals surface area contributed by atoms with E-state index in [0.29, 0.717) is 19.3 Å². The Morgan fingerprint density at radius 1 is 1.33 bits per heavy atom. The molecule has 0 spiro atoms. The lowest BCUT2D eigenvalue weighted by atomic mass is 10.1. The van der Waals surface area contributed by atoms with Gasteiger partial charge in [0.15, 0.2) is 0 Å². The smallest absolute Gasteiger partial charge is 0.147 e. The topological polar surface area (TPSA) is 60.4 Å². The highest BCUT2D eigenvalue weighted by Gasteiger charge is 2.07. The third-order valence-corrected chi connectivity index (χ3v) is 3.54. The number of hydrogen-bond acceptors (Lipinski definition) is 4. The maximum Gasteiger partial charge on any atom is 0.147 e. The zero-order valence-electron chi connectivity index (χ0n) is 10.7. The van der Waals surface area contributed by atoms with Gasteiger partial charge in [-0.2, -0.15) is 0 Å². The van der Waals surface area contributed by atoms with Crippen LogP contribution in [-0.4, -0.2) is 33.3 Å². The Morgan fingerprint density at radius 3 is 2.67 bits per heavy atom. The molecule has 18 heavy (non-hydrogen) atoms. The second-order valence-electron chi connectivity index (χ2n) is 4.30. The van der Waals surface area contributed by atoms with E-state index in [1.165, 1.54) is 6.26 Å². The van der Waals surface area contributed by atoms with Crippen molar-refractivity contribution in [1.29, 1.82) is 0 Å². The first-order valence-electron chi connectivity index (χ1n) is 5.73. The molecule has 100 valence electrons. The molecule has 0 atom stereocenters. The Morgan fingerprint density at radius 2 is 2.06 bits per heavy atom. The monoisotopic (exact) mass is 270 g/mol. The molecule has 0 aliphatic heterocycles. The van der Waals surface area contributed by atoms with Crippen LogP contribution in [0.3, 0.4) is 0 Å². The maximum absolute atomic E-state index is 11.7. The molecule has 5 heteroatoms. The van der Waals surface area contributed by atoms with E-state index in [9.17, 15) is 13.2 Å². The van der Waals surface area contributed by atoms with E-state index in [2.05, 4.69) is 0 Å². The minimum Gasteiger partial charge on any atom is -0.497 e. The lowest BCUT2D eigenvalue weighted by Crippen LogP contribution is -2.08. The fraction of sp³-hybridized carbons (Fsp3) is 0.462. The van der Waals surface area contributed by atoms with Crippen molar-refractivity contribution in [3.8, 4) is 5.75 Å². The molecule has 0 saturated heterocycles. The quantitative estimate of drug-likeness (QED) is 0.755. The van der Waals surface area contributed by atoms with Crippen molar-refractivity contribution in [2.45, 2.75) is 19.3 Å². The van der Waals surface area contributed by atoms with Crippen LogP contribution in [0.1, 0.15) is 18.4 Å². The van der Waals surface area contributed by atoms with Gasteiger partial charge in [-0.1, -0.05) is 12.1 Å². The van der Waals surface area contributed by atoms with Crippen LogP contribution in [0.4, 0.5) is 0 Å². The van der Waals surface area contributed by atoms with Crippen molar-refractivity contribution in [3.05, 3.63) is 29.8 Å². The Kier molecular flexibility index (Phi) is 5.34. The van der Waals surface area contributed by atoms with E-state index in [-0.39, 0.29) is 11.5 Å². The summed E-state index contributed by atoms with van der Waals surface area (Å²) in [5.41, 5.74) is 0.888. The number of methoxy groups -OCH3 is 1. The summed E-state index contributed by atoms with van der Waals surface area (Å²) >= 11 is 0. The first-order valence-corrected chi connectivity index (χ1v) is 7.79. The lowest BCUT2D eigenvalue weighted by Gasteiger charge is -2.04. The van der Waals surface area contributed by atoms with Gasteiger partial charge in [-0.25, -0.2) is 8.42 Å². The lowest BCUT2D eigenvalue weighted by molar-refractivity contribution is -0.118. The molecule has 0 bridgehead atoms. The first-order chi connectivity index (χ1) is 8.40. The normalized spacial score (nSPS) is 11.2. The number of ether oxygens (including phenoxy) is 1. The minimum absolute atomic E-state index is 0.0481. The number of carbonyl (C=O) groups is 1. The van der Waals surface area contributed by atoms with Gasteiger partial charge < -0.3 is 4.74 Å². The molecule has 1 aromatic rings. The number of Topliss-reactive ketones (excluding diaryl/α,β-unsaturated/α-hetero) is 1. The number of benzene rings is 1. The van der Waals surface area contributed by atoms with Gasteiger partial charge in [0.25, 0.3) is 0 Å². The standard InChI is InChI=1S/C13H18O4S/c1-17-13-7-3-5-11(10-13)9-12(14)6-4-8-18(2,15)16/h3,5,7,10H,4,6,8-9H2,1-2H3. The number of ketones is 1. The van der Waals surface area contributed by atoms with Gasteiger partial charge >= 0.3 is 0 Å². The molecule has 0 N–H and O–H groups in total. The third kappa shape index (κ3) is 5.82. The molecule has 0 aliphatic rings. The Bertz CT molecular complexity index is 505. The summed E-state index contributed by atoms with van der Waals surface area (Å²) < 4.78 is 26.9. The van der Waals surface area contributed by atoms with Crippen LogP contribution in [0.25, 0.3) is 0 Å². The number of carbonyl (C=O) groups excluding carboxylic acids is 1. The molecule has 0 amide bonds. The van der Waals surface area contributed by atoms with Crippen LogP contribution in [0, 0.1) is 0 Å². The first kappa shape index (κ1) is 14.7. The van der Waals surface area contributed by atoms with E-state index < -0.39 is 9.84 Å². The van der Waals surface area contributed by atoms with Crippen LogP contribution < -0.4 is 4.74 Å². The summed E-state index contributed by atoms with van der Waals surface area (Å²) in [6.07, 6.45) is 2.19. The van der Waals surface area contributed by atoms with Gasteiger partial charge in [0.1, 0.15) is 21.4 Å². The fourth-order valence-electron chi connectivity index (χ4n) is 1.63. The van der Waals surface area contributed by atoms with E-state index in [0.717, 1.165) is 11.3 Å². The summed E-state index contributed by atoms with van der Waals surface area (Å²) in [5.74, 6) is 0.833. The van der Waals surface area contributed by atoms with Crippen LogP contribution >= 0.6 is 0 Å². The van der Waals surface area contributed by atoms with Crippen molar-refractivity contribution in [3.63, 3.8) is 0 Å². The average Bonchev–Trinajstić information content (AvgIpc) is 2.27. The van der Waals surface area contributed by atoms with Gasteiger partial charge in [0.05, 0.1) is 12.9 Å². The maximum atomic E-state index is 11.7. The summed E-state index contributed by atoms with van der Waals surface area (Å²) in [6.45, 7) is 0. The zero-order chi connectivity index (χ0) is 13.6. The zero-order valence-corrected chi connectivity index (χ0v) is 11.5. The highest BCUT2D eigenvalue weighted by Crippen LogP contribution is 2.13. The van der Waals surface area contributed by atoms with Crippen LogP contribution in [-0.2, 0) is 21.1 Å². The van der Waals surface area contributed by atoms with Crippen LogP contribution in [0.5, 0.6) is 5.75 Å². The summed E-state index contributed by atoms with van der Waals surface area (Å²) in [5, 5.41) is 0. The van der Waals surface area contributed by atoms with E-state index in [4.69, 9.17) is 4.74 Å². The van der Waals surface area contributed by atoms with Crippen LogP contribution in [0.15, 0.2) is 24.3 Å². The Hall–Kier alpha value is -1.36. The van der Waals surface area contributed by atoms with Gasteiger partial charge in [-0.15, -0.1) is 0 Å². The van der Waals surface area contributed by atoms with Gasteiger partial charge in [-0.3, -0.25) is 4.79 Å². The van der Waals surface area contributed by atoms with Gasteiger partial charge in [0, 0.05) is 19.1 Å². The highest BCUT2D eigenvalue weighted by atomic mass is 32.2. The summed E-state index contributed by atoms with van der Waals surface area (Å²) in [7, 11) is -1.40. The van der Waals surface area contributed by atoms with E-state index >= 15 is 0 Å². The molecular weight excluding hydrogens is 252 g/mol. The third-order valence-electron chi connectivity index (χ3n) is 2.51. The SMILES string of the molecule is COc1cccc(CC(=O)CCCS(C)(=O)=O)c1. The number of rotatable bonds is 7. The molecule has 4 nitrogen and oxygen atoms in total. The molecule has 0 heterocycles. The highest BCUT2D eigenvalue weighted by molar-refractivity contribution is 7.90. The predicted octanol–water partition coefficient (Wildman–Crippen LogP) is 1.63. The van der Waals surface area contributed by atoms with Crippen molar-refractivity contribution < 1.29 is 17.9 Å². The molecule has 0 radical (unpaired) electrons. The molecule has 1 aromatic carbocycles. The largest absolute Gasteiger partial charge is 0.497 e. The fourth-order valence-corrected chi connectivity index (χ4v) is 2.30. The molecule has 0 unspecified atom stereocenters. The number of sulfone groups is 1. The predicted molar refractivity (Wildman–Crippen MR) is 70.6 cm³/mol. The van der Waals surface area contributed by atoms with Crippen LogP contribution in [0.2, 0.25) is 0 Å². The van der Waals surface area contributed by atoms with Crippen molar-refractivity contribution in [2.24, 2.45) is 0 Å². The van der Waals surface area contributed by atoms with E-state index in [1.807, 2.05) is 24.3 Å². The van der Waals surface area contributed by atoms with E-state index in [1.54, 1.807) is 7.11 Å². The van der Waals surface area contributed by atoms with Gasteiger partial charge in [-0.05, 0) is 24.1 Å². The Balaban J connectivity index is 2.44. The van der Waals surface area contributed by atoms with Gasteiger partial charge in [0.2, 0.25) is 0 Å². The summed E-state index contributed by atoms with van der Waals surface area (Å²) in [6, 6.07) is 7.32. The molecule has 0 aromatic heterocycles. The number of hydrogen-bond donors (Lipinski definition) is 0. The second kappa shape index (κ2) is 6.54. The molecule has 0 fully saturated rings. The molecule has 0 saturated carbocycles. The average molecular weight is 270 g/mol. The van der Waals surface area contributed by atoms with Crippen molar-refractivity contribution in [1.82, 2.24) is 0 Å². The Labute approximate surface area is 108 Å². The summed E-state index contributed by atoms with van der Waals surface area (Å²) in [4.78, 5) is 11.7.